The lowest BCUT2D eigenvalue weighted by Crippen LogP contribution is -2.36. The lowest BCUT2D eigenvalue weighted by atomic mass is 9.96. The largest absolute Gasteiger partial charge is 0.410 e. The fraction of sp³-hybridized carbons (Fsp3) is 0.350. The minimum absolute atomic E-state index is 0.0875. The third-order valence-electron chi connectivity index (χ3n) is 5.12. The summed E-state index contributed by atoms with van der Waals surface area (Å²) < 4.78 is 43.9. The average molecular weight is 418 g/mol. The van der Waals surface area contributed by atoms with Gasteiger partial charge in [-0.1, -0.05) is 30.3 Å². The van der Waals surface area contributed by atoms with E-state index in [1.165, 1.54) is 6.20 Å². The molecule has 0 fully saturated rings. The molecule has 3 heterocycles. The Hall–Kier alpha value is -3.30. The summed E-state index contributed by atoms with van der Waals surface area (Å²) in [5.41, 5.74) is 0.832. The molecule has 2 N–H and O–H groups in total. The summed E-state index contributed by atoms with van der Waals surface area (Å²) in [6.07, 6.45) is 2.35. The highest BCUT2D eigenvalue weighted by molar-refractivity contribution is 5.98. The van der Waals surface area contributed by atoms with Crippen LogP contribution in [-0.2, 0) is 6.54 Å². The first-order valence-corrected chi connectivity index (χ1v) is 9.63. The standard InChI is InChI=1S/C20H21F3N6O/c21-20(22,23)17-11-16(14-5-2-1-3-6-14)27-18-15(12-26-29(17)18)19(30)25-7-4-9-28-10-8-24-13-28/h1-3,5-6,8,10,12-13,16-17,27H,4,7,9,11H2,(H,25,30)/t16-,17+/m1/s1. The quantitative estimate of drug-likeness (QED) is 0.600. The van der Waals surface area contributed by atoms with E-state index in [4.69, 9.17) is 0 Å². The highest BCUT2D eigenvalue weighted by Crippen LogP contribution is 2.44. The maximum absolute atomic E-state index is 13.7. The lowest BCUT2D eigenvalue weighted by molar-refractivity contribution is -0.173. The van der Waals surface area contributed by atoms with Gasteiger partial charge in [0.1, 0.15) is 11.4 Å². The molecule has 0 saturated carbocycles. The van der Waals surface area contributed by atoms with Crippen molar-refractivity contribution < 1.29 is 18.0 Å². The second-order valence-corrected chi connectivity index (χ2v) is 7.16. The Balaban J connectivity index is 1.51. The van der Waals surface area contributed by atoms with Crippen molar-refractivity contribution in [2.24, 2.45) is 0 Å². The number of nitrogens with one attached hydrogen (secondary N) is 2. The zero-order chi connectivity index (χ0) is 21.1. The summed E-state index contributed by atoms with van der Waals surface area (Å²) in [5, 5.41) is 9.73. The lowest BCUT2D eigenvalue weighted by Gasteiger charge is -2.34. The summed E-state index contributed by atoms with van der Waals surface area (Å²) in [4.78, 5) is 16.6. The highest BCUT2D eigenvalue weighted by Gasteiger charge is 2.47. The van der Waals surface area contributed by atoms with E-state index >= 15 is 0 Å². The van der Waals surface area contributed by atoms with Gasteiger partial charge in [0.05, 0.1) is 18.6 Å². The minimum Gasteiger partial charge on any atom is -0.363 e. The van der Waals surface area contributed by atoms with Gasteiger partial charge in [0.2, 0.25) is 0 Å². The summed E-state index contributed by atoms with van der Waals surface area (Å²) in [5.74, 6) is -0.367. The van der Waals surface area contributed by atoms with Gasteiger partial charge in [-0.3, -0.25) is 4.79 Å². The highest BCUT2D eigenvalue weighted by atomic mass is 19.4. The van der Waals surface area contributed by atoms with Crippen molar-refractivity contribution in [3.63, 3.8) is 0 Å². The summed E-state index contributed by atoms with van der Waals surface area (Å²) in [6.45, 7) is 1.06. The number of aryl methyl sites for hydroxylation is 1. The summed E-state index contributed by atoms with van der Waals surface area (Å²) >= 11 is 0. The summed E-state index contributed by atoms with van der Waals surface area (Å²) in [6, 6.07) is 6.52. The van der Waals surface area contributed by atoms with Gasteiger partial charge in [-0.2, -0.15) is 18.3 Å². The third kappa shape index (κ3) is 4.17. The molecule has 1 aromatic carbocycles. The van der Waals surface area contributed by atoms with Gasteiger partial charge < -0.3 is 15.2 Å². The Morgan fingerprint density at radius 2 is 2.07 bits per heavy atom. The van der Waals surface area contributed by atoms with Crippen LogP contribution in [0.1, 0.15) is 40.8 Å². The van der Waals surface area contributed by atoms with E-state index < -0.39 is 24.2 Å². The first-order valence-electron chi connectivity index (χ1n) is 9.63. The molecular weight excluding hydrogens is 397 g/mol. The molecular formula is C20H21F3N6O. The fourth-order valence-corrected chi connectivity index (χ4v) is 3.61. The van der Waals surface area contributed by atoms with Crippen molar-refractivity contribution in [2.45, 2.75) is 37.6 Å². The molecule has 158 valence electrons. The molecule has 3 aromatic rings. The Morgan fingerprint density at radius 3 is 2.77 bits per heavy atom. The Bertz CT molecular complexity index is 984. The fourth-order valence-electron chi connectivity index (χ4n) is 3.61. The van der Waals surface area contributed by atoms with E-state index in [-0.39, 0.29) is 17.8 Å². The number of halogens is 3. The number of alkyl halides is 3. The smallest absolute Gasteiger partial charge is 0.363 e. The van der Waals surface area contributed by atoms with Crippen LogP contribution >= 0.6 is 0 Å². The van der Waals surface area contributed by atoms with Crippen LogP contribution in [0, 0.1) is 0 Å². The van der Waals surface area contributed by atoms with Gasteiger partial charge in [0.15, 0.2) is 6.04 Å². The van der Waals surface area contributed by atoms with Crippen LogP contribution in [0.25, 0.3) is 0 Å². The summed E-state index contributed by atoms with van der Waals surface area (Å²) in [7, 11) is 0. The van der Waals surface area contributed by atoms with Gasteiger partial charge in [-0.05, 0) is 12.0 Å². The normalized spacial score (nSPS) is 18.5. The number of rotatable bonds is 6. The molecule has 0 unspecified atom stereocenters. The first-order chi connectivity index (χ1) is 14.4. The van der Waals surface area contributed by atoms with Crippen LogP contribution < -0.4 is 10.6 Å². The van der Waals surface area contributed by atoms with Crippen LogP contribution in [0.2, 0.25) is 0 Å². The molecule has 1 amide bonds. The molecule has 0 spiro atoms. The molecule has 2 aromatic heterocycles. The number of hydrogen-bond acceptors (Lipinski definition) is 4. The topological polar surface area (TPSA) is 76.8 Å². The van der Waals surface area contributed by atoms with Crippen molar-refractivity contribution in [1.82, 2.24) is 24.6 Å². The van der Waals surface area contributed by atoms with Gasteiger partial charge in [-0.15, -0.1) is 0 Å². The van der Waals surface area contributed by atoms with Gasteiger partial charge in [-0.25, -0.2) is 9.67 Å². The molecule has 10 heteroatoms. The van der Waals surface area contributed by atoms with E-state index in [9.17, 15) is 18.0 Å². The number of fused-ring (bicyclic) bond motifs is 1. The zero-order valence-electron chi connectivity index (χ0n) is 16.0. The number of amides is 1. The molecule has 1 aliphatic heterocycles. The molecule has 0 saturated heterocycles. The van der Waals surface area contributed by atoms with Crippen molar-refractivity contribution in [3.05, 3.63) is 66.4 Å². The Kier molecular flexibility index (Phi) is 5.47. The van der Waals surface area contributed by atoms with E-state index in [0.29, 0.717) is 19.5 Å². The van der Waals surface area contributed by atoms with Gasteiger partial charge in [0, 0.05) is 31.9 Å². The van der Waals surface area contributed by atoms with E-state index in [0.717, 1.165) is 10.2 Å². The molecule has 1 aliphatic rings. The monoisotopic (exact) mass is 418 g/mol. The second kappa shape index (κ2) is 8.21. The number of benzene rings is 1. The number of imidazole rings is 1. The number of aromatic nitrogens is 4. The molecule has 2 atom stereocenters. The van der Waals surface area contributed by atoms with Crippen LogP contribution in [0.3, 0.4) is 0 Å². The molecule has 0 bridgehead atoms. The number of carbonyl (C=O) groups excluding carboxylic acids is 1. The van der Waals surface area contributed by atoms with Crippen LogP contribution in [-0.4, -0.2) is 38.0 Å². The van der Waals surface area contributed by atoms with Crippen molar-refractivity contribution in [1.29, 1.82) is 0 Å². The second-order valence-electron chi connectivity index (χ2n) is 7.16. The van der Waals surface area contributed by atoms with Crippen LogP contribution in [0.4, 0.5) is 19.0 Å². The predicted molar refractivity (Wildman–Crippen MR) is 104 cm³/mol. The molecule has 30 heavy (non-hydrogen) atoms. The van der Waals surface area contributed by atoms with Crippen LogP contribution in [0.15, 0.2) is 55.2 Å². The number of carbonyl (C=O) groups is 1. The first kappa shape index (κ1) is 20.0. The minimum atomic E-state index is -4.48. The van der Waals surface area contributed by atoms with Crippen LogP contribution in [0.5, 0.6) is 0 Å². The molecule has 0 radical (unpaired) electrons. The molecule has 7 nitrogen and oxygen atoms in total. The molecule has 4 rings (SSSR count). The zero-order valence-corrected chi connectivity index (χ0v) is 16.0. The van der Waals surface area contributed by atoms with E-state index in [1.54, 1.807) is 42.9 Å². The Labute approximate surface area is 170 Å². The maximum Gasteiger partial charge on any atom is 0.410 e. The predicted octanol–water partition coefficient (Wildman–Crippen LogP) is 3.56. The third-order valence-corrected chi connectivity index (χ3v) is 5.12. The van der Waals surface area contributed by atoms with Crippen molar-refractivity contribution >= 4 is 11.7 Å². The van der Waals surface area contributed by atoms with Crippen molar-refractivity contribution in [3.8, 4) is 0 Å². The van der Waals surface area contributed by atoms with E-state index in [2.05, 4.69) is 20.7 Å². The SMILES string of the molecule is O=C(NCCCn1ccnc1)c1cnn2c1N[C@@H](c1ccccc1)C[C@H]2C(F)(F)F. The van der Waals surface area contributed by atoms with Crippen molar-refractivity contribution in [2.75, 3.05) is 11.9 Å². The van der Waals surface area contributed by atoms with Gasteiger partial charge in [0.25, 0.3) is 5.91 Å². The van der Waals surface area contributed by atoms with Gasteiger partial charge >= 0.3 is 6.18 Å². The Morgan fingerprint density at radius 1 is 1.27 bits per heavy atom. The number of nitrogens with zero attached hydrogens (tertiary/aromatic N) is 4. The van der Waals surface area contributed by atoms with E-state index in [1.807, 2.05) is 10.8 Å². The number of hydrogen-bond donors (Lipinski definition) is 2. The number of anilines is 1. The molecule has 0 aliphatic carbocycles. The average Bonchev–Trinajstić information content (AvgIpc) is 3.40. The maximum atomic E-state index is 13.7.